The van der Waals surface area contributed by atoms with Gasteiger partial charge in [0.15, 0.2) is 5.82 Å². The number of halogens is 4. The van der Waals surface area contributed by atoms with Crippen molar-refractivity contribution in [3.05, 3.63) is 68.2 Å². The van der Waals surface area contributed by atoms with Gasteiger partial charge >= 0.3 is 6.09 Å². The lowest BCUT2D eigenvalue weighted by Crippen LogP contribution is -2.42. The summed E-state index contributed by atoms with van der Waals surface area (Å²) in [5, 5.41) is 3.31. The largest absolute Gasteiger partial charge is 0.444 e. The summed E-state index contributed by atoms with van der Waals surface area (Å²) in [6.07, 6.45) is 0.870. The molecule has 1 aromatic heterocycles. The van der Waals surface area contributed by atoms with Gasteiger partial charge in [0.25, 0.3) is 5.56 Å². The molecule has 186 valence electrons. The number of amides is 1. The van der Waals surface area contributed by atoms with Gasteiger partial charge in [-0.2, -0.15) is 0 Å². The highest BCUT2D eigenvalue weighted by molar-refractivity contribution is 6.42. The summed E-state index contributed by atoms with van der Waals surface area (Å²) in [7, 11) is 1.51. The van der Waals surface area contributed by atoms with Crippen molar-refractivity contribution in [2.45, 2.75) is 38.3 Å². The fourth-order valence-electron chi connectivity index (χ4n) is 4.25. The van der Waals surface area contributed by atoms with Crippen LogP contribution >= 0.6 is 23.2 Å². The van der Waals surface area contributed by atoms with Crippen molar-refractivity contribution in [3.63, 3.8) is 0 Å². The van der Waals surface area contributed by atoms with E-state index in [2.05, 4.69) is 10.3 Å². The fraction of sp³-hybridized carbons (Fsp3) is 0.375. The van der Waals surface area contributed by atoms with Crippen LogP contribution in [0.15, 0.2) is 35.4 Å². The van der Waals surface area contributed by atoms with E-state index in [-0.39, 0.29) is 51.7 Å². The molecular weight excluding hydrogens is 501 g/mol. The molecule has 2 aromatic carbocycles. The number of likely N-dealkylation sites (tertiary alicyclic amines) is 1. The molecule has 0 bridgehead atoms. The van der Waals surface area contributed by atoms with E-state index in [1.165, 1.54) is 47.1 Å². The van der Waals surface area contributed by atoms with Crippen molar-refractivity contribution in [1.82, 2.24) is 14.5 Å². The first-order chi connectivity index (χ1) is 16.3. The van der Waals surface area contributed by atoms with E-state index >= 15 is 4.39 Å². The number of ether oxygens (including phenoxy) is 1. The second kappa shape index (κ2) is 8.95. The second-order valence-electron chi connectivity index (χ2n) is 9.59. The van der Waals surface area contributed by atoms with E-state index in [1.807, 2.05) is 0 Å². The third-order valence-corrected chi connectivity index (χ3v) is 6.61. The van der Waals surface area contributed by atoms with Gasteiger partial charge < -0.3 is 19.5 Å². The molecule has 0 spiro atoms. The first-order valence-electron chi connectivity index (χ1n) is 10.9. The molecule has 1 fully saturated rings. The summed E-state index contributed by atoms with van der Waals surface area (Å²) in [5.41, 5.74) is -2.31. The van der Waals surface area contributed by atoms with Crippen molar-refractivity contribution >= 4 is 45.9 Å². The predicted octanol–water partition coefficient (Wildman–Crippen LogP) is 5.47. The lowest BCUT2D eigenvalue weighted by molar-refractivity contribution is 0.0286. The molecule has 1 amide bonds. The molecule has 0 aliphatic carbocycles. The Balaban J connectivity index is 1.83. The van der Waals surface area contributed by atoms with Crippen LogP contribution in [0, 0.1) is 11.6 Å². The molecule has 1 saturated heterocycles. The Morgan fingerprint density at radius 2 is 1.91 bits per heavy atom. The number of benzene rings is 2. The lowest BCUT2D eigenvalue weighted by atomic mass is 9.87. The molecule has 35 heavy (non-hydrogen) atoms. The molecule has 1 aliphatic rings. The predicted molar refractivity (Wildman–Crippen MR) is 131 cm³/mol. The summed E-state index contributed by atoms with van der Waals surface area (Å²) in [4.78, 5) is 30.8. The SMILES string of the molecule is Cn1cnc2c(F)cc(N[C@@]3(c4c(F)ccc(Cl)c4Cl)CCN(C(=O)OC(C)(C)C)C3)cc2c1=O. The summed E-state index contributed by atoms with van der Waals surface area (Å²) >= 11 is 12.7. The number of hydrogen-bond acceptors (Lipinski definition) is 5. The minimum Gasteiger partial charge on any atom is -0.444 e. The zero-order chi connectivity index (χ0) is 25.7. The number of carbonyl (C=O) groups excluding carboxylic acids is 1. The molecule has 11 heteroatoms. The molecule has 3 aromatic rings. The van der Waals surface area contributed by atoms with Crippen molar-refractivity contribution in [2.24, 2.45) is 7.05 Å². The van der Waals surface area contributed by atoms with Crippen LogP contribution in [-0.4, -0.2) is 39.2 Å². The molecule has 4 rings (SSSR count). The normalized spacial score (nSPS) is 18.2. The number of aromatic nitrogens is 2. The number of fused-ring (bicyclic) bond motifs is 1. The molecule has 0 unspecified atom stereocenters. The van der Waals surface area contributed by atoms with Gasteiger partial charge in [-0.1, -0.05) is 23.2 Å². The molecule has 2 heterocycles. The summed E-state index contributed by atoms with van der Waals surface area (Å²) in [5.74, 6) is -1.37. The first-order valence-corrected chi connectivity index (χ1v) is 11.6. The molecule has 1 atom stereocenters. The smallest absolute Gasteiger partial charge is 0.410 e. The standard InChI is InChI=1S/C24H24Cl2F2N4O3/c1-23(2,3)35-22(34)32-8-7-24(11-32,18-16(27)6-5-15(25)19(18)26)30-13-9-14-20(17(28)10-13)29-12-31(4)21(14)33/h5-6,9-10,12,30H,7-8,11H2,1-4H3/t24-/m0/s1. The monoisotopic (exact) mass is 524 g/mol. The maximum atomic E-state index is 15.2. The maximum absolute atomic E-state index is 15.2. The maximum Gasteiger partial charge on any atom is 0.410 e. The minimum atomic E-state index is -1.28. The Labute approximate surface area is 210 Å². The number of carbonyl (C=O) groups is 1. The quantitative estimate of drug-likeness (QED) is 0.460. The van der Waals surface area contributed by atoms with Crippen LogP contribution in [0.5, 0.6) is 0 Å². The lowest BCUT2D eigenvalue weighted by Gasteiger charge is -2.34. The Morgan fingerprint density at radius 3 is 2.60 bits per heavy atom. The van der Waals surface area contributed by atoms with Crippen LogP contribution in [0.4, 0.5) is 19.3 Å². The highest BCUT2D eigenvalue weighted by Crippen LogP contribution is 2.43. The van der Waals surface area contributed by atoms with E-state index in [9.17, 15) is 14.0 Å². The zero-order valence-electron chi connectivity index (χ0n) is 19.6. The van der Waals surface area contributed by atoms with Gasteiger partial charge in [0.1, 0.15) is 16.9 Å². The van der Waals surface area contributed by atoms with Crippen LogP contribution in [-0.2, 0) is 17.3 Å². The number of nitrogens with zero attached hydrogens (tertiary/aromatic N) is 3. The van der Waals surface area contributed by atoms with Crippen molar-refractivity contribution in [3.8, 4) is 0 Å². The molecule has 0 radical (unpaired) electrons. The van der Waals surface area contributed by atoms with E-state index < -0.39 is 34.4 Å². The molecule has 1 aliphatic heterocycles. The van der Waals surface area contributed by atoms with Crippen LogP contribution in [0.25, 0.3) is 10.9 Å². The summed E-state index contributed by atoms with van der Waals surface area (Å²) in [6.45, 7) is 5.40. The molecule has 7 nitrogen and oxygen atoms in total. The topological polar surface area (TPSA) is 76.5 Å². The number of nitrogens with one attached hydrogen (secondary N) is 1. The van der Waals surface area contributed by atoms with E-state index in [4.69, 9.17) is 27.9 Å². The highest BCUT2D eigenvalue weighted by atomic mass is 35.5. The fourth-order valence-corrected chi connectivity index (χ4v) is 4.75. The van der Waals surface area contributed by atoms with Gasteiger partial charge in [0.05, 0.1) is 33.8 Å². The van der Waals surface area contributed by atoms with Crippen LogP contribution in [0.1, 0.15) is 32.8 Å². The van der Waals surface area contributed by atoms with Crippen molar-refractivity contribution in [1.29, 1.82) is 0 Å². The summed E-state index contributed by atoms with van der Waals surface area (Å²) in [6, 6.07) is 5.14. The number of anilines is 1. The average molecular weight is 525 g/mol. The van der Waals surface area contributed by atoms with E-state index in [0.717, 1.165) is 0 Å². The number of hydrogen-bond donors (Lipinski definition) is 1. The second-order valence-corrected chi connectivity index (χ2v) is 10.4. The summed E-state index contributed by atoms with van der Waals surface area (Å²) < 4.78 is 36.9. The van der Waals surface area contributed by atoms with Gasteiger partial charge in [0.2, 0.25) is 0 Å². The Kier molecular flexibility index (Phi) is 6.44. The molecular formula is C24H24Cl2F2N4O3. The third kappa shape index (κ3) is 4.79. The molecule has 0 saturated carbocycles. The van der Waals surface area contributed by atoms with Crippen molar-refractivity contribution in [2.75, 3.05) is 18.4 Å². The van der Waals surface area contributed by atoms with Gasteiger partial charge in [-0.3, -0.25) is 4.79 Å². The average Bonchev–Trinajstić information content (AvgIpc) is 3.17. The number of aryl methyl sites for hydroxylation is 1. The van der Waals surface area contributed by atoms with Gasteiger partial charge in [-0.05, 0) is 51.5 Å². The first kappa shape index (κ1) is 25.2. The van der Waals surface area contributed by atoms with Gasteiger partial charge in [-0.15, -0.1) is 0 Å². The Hall–Kier alpha value is -2.91. The minimum absolute atomic E-state index is 0.0240. The Morgan fingerprint density at radius 1 is 1.20 bits per heavy atom. The number of rotatable bonds is 3. The van der Waals surface area contributed by atoms with Crippen LogP contribution < -0.4 is 10.9 Å². The van der Waals surface area contributed by atoms with Crippen LogP contribution in [0.3, 0.4) is 0 Å². The zero-order valence-corrected chi connectivity index (χ0v) is 21.1. The highest BCUT2D eigenvalue weighted by Gasteiger charge is 2.46. The van der Waals surface area contributed by atoms with Crippen molar-refractivity contribution < 1.29 is 18.3 Å². The van der Waals surface area contributed by atoms with Gasteiger partial charge in [0, 0.05) is 24.8 Å². The third-order valence-electron chi connectivity index (χ3n) is 5.80. The van der Waals surface area contributed by atoms with Crippen LogP contribution in [0.2, 0.25) is 10.0 Å². The van der Waals surface area contributed by atoms with E-state index in [0.29, 0.717) is 0 Å². The van der Waals surface area contributed by atoms with E-state index in [1.54, 1.807) is 20.8 Å². The Bertz CT molecular complexity index is 1390. The molecule has 1 N–H and O–H groups in total. The van der Waals surface area contributed by atoms with Gasteiger partial charge in [-0.25, -0.2) is 18.6 Å².